The van der Waals surface area contributed by atoms with Crippen LogP contribution in [0.4, 0.5) is 0 Å². The standard InChI is InChI=1S/C14H21ClN2/c15-13-8-4-3-7-12(13)14(11-16)17-9-5-1-2-6-10-17/h3-4,7-8,14H,1-2,5-6,9-11,16H2/t14-/m1/s1. The maximum absolute atomic E-state index is 6.28. The van der Waals surface area contributed by atoms with Gasteiger partial charge in [0, 0.05) is 17.6 Å². The van der Waals surface area contributed by atoms with Gasteiger partial charge < -0.3 is 5.73 Å². The SMILES string of the molecule is NC[C@H](c1ccccc1Cl)N1CCCCCC1. The predicted molar refractivity (Wildman–Crippen MR) is 73.3 cm³/mol. The monoisotopic (exact) mass is 252 g/mol. The smallest absolute Gasteiger partial charge is 0.0485 e. The number of benzene rings is 1. The zero-order chi connectivity index (χ0) is 12.1. The summed E-state index contributed by atoms with van der Waals surface area (Å²) in [5.74, 6) is 0. The highest BCUT2D eigenvalue weighted by Gasteiger charge is 2.21. The number of likely N-dealkylation sites (tertiary alicyclic amines) is 1. The molecule has 1 saturated heterocycles. The summed E-state index contributed by atoms with van der Waals surface area (Å²) in [5, 5.41) is 0.840. The topological polar surface area (TPSA) is 29.3 Å². The molecule has 0 amide bonds. The fourth-order valence-corrected chi connectivity index (χ4v) is 2.89. The second kappa shape index (κ2) is 6.39. The van der Waals surface area contributed by atoms with E-state index in [0.717, 1.165) is 18.1 Å². The number of nitrogens with two attached hydrogens (primary N) is 1. The van der Waals surface area contributed by atoms with E-state index in [1.807, 2.05) is 18.2 Å². The van der Waals surface area contributed by atoms with Crippen molar-refractivity contribution in [3.8, 4) is 0 Å². The van der Waals surface area contributed by atoms with E-state index in [4.69, 9.17) is 17.3 Å². The van der Waals surface area contributed by atoms with Crippen LogP contribution in [0.3, 0.4) is 0 Å². The van der Waals surface area contributed by atoms with Gasteiger partial charge in [-0.1, -0.05) is 42.6 Å². The molecule has 0 radical (unpaired) electrons. The van der Waals surface area contributed by atoms with Gasteiger partial charge in [0.2, 0.25) is 0 Å². The summed E-state index contributed by atoms with van der Waals surface area (Å²) in [7, 11) is 0. The first-order valence-corrected chi connectivity index (χ1v) is 6.89. The van der Waals surface area contributed by atoms with Gasteiger partial charge in [0.05, 0.1) is 0 Å². The molecule has 94 valence electrons. The van der Waals surface area contributed by atoms with Crippen LogP contribution in [0.2, 0.25) is 5.02 Å². The van der Waals surface area contributed by atoms with Gasteiger partial charge in [0.15, 0.2) is 0 Å². The molecular formula is C14H21ClN2. The molecule has 2 N–H and O–H groups in total. The van der Waals surface area contributed by atoms with Crippen molar-refractivity contribution in [3.63, 3.8) is 0 Å². The largest absolute Gasteiger partial charge is 0.329 e. The van der Waals surface area contributed by atoms with Crippen LogP contribution in [0.25, 0.3) is 0 Å². The Balaban J connectivity index is 2.17. The van der Waals surface area contributed by atoms with Gasteiger partial charge in [-0.15, -0.1) is 0 Å². The van der Waals surface area contributed by atoms with Gasteiger partial charge in [-0.05, 0) is 37.6 Å². The summed E-state index contributed by atoms with van der Waals surface area (Å²) < 4.78 is 0. The average Bonchev–Trinajstić information content (AvgIpc) is 2.62. The molecule has 0 aliphatic carbocycles. The Morgan fingerprint density at radius 2 is 1.76 bits per heavy atom. The van der Waals surface area contributed by atoms with Crippen LogP contribution in [0, 0.1) is 0 Å². The maximum atomic E-state index is 6.28. The lowest BCUT2D eigenvalue weighted by molar-refractivity contribution is 0.210. The molecule has 17 heavy (non-hydrogen) atoms. The summed E-state index contributed by atoms with van der Waals surface area (Å²) in [6.45, 7) is 2.93. The molecule has 0 saturated carbocycles. The van der Waals surface area contributed by atoms with Crippen molar-refractivity contribution in [3.05, 3.63) is 34.9 Å². The molecule has 0 aromatic heterocycles. The molecule has 1 aromatic carbocycles. The lowest BCUT2D eigenvalue weighted by atomic mass is 10.0. The summed E-state index contributed by atoms with van der Waals surface area (Å²) in [6, 6.07) is 8.35. The van der Waals surface area contributed by atoms with Crippen LogP contribution in [0.15, 0.2) is 24.3 Å². The molecule has 1 heterocycles. The quantitative estimate of drug-likeness (QED) is 0.895. The highest BCUT2D eigenvalue weighted by Crippen LogP contribution is 2.28. The van der Waals surface area contributed by atoms with Crippen LogP contribution < -0.4 is 5.73 Å². The van der Waals surface area contributed by atoms with Crippen molar-refractivity contribution < 1.29 is 0 Å². The van der Waals surface area contributed by atoms with E-state index >= 15 is 0 Å². The van der Waals surface area contributed by atoms with Gasteiger partial charge in [-0.2, -0.15) is 0 Å². The Morgan fingerprint density at radius 1 is 1.12 bits per heavy atom. The van der Waals surface area contributed by atoms with E-state index < -0.39 is 0 Å². The summed E-state index contributed by atoms with van der Waals surface area (Å²) in [4.78, 5) is 2.49. The Kier molecular flexibility index (Phi) is 4.84. The minimum absolute atomic E-state index is 0.279. The zero-order valence-corrected chi connectivity index (χ0v) is 11.0. The summed E-state index contributed by atoms with van der Waals surface area (Å²) >= 11 is 6.28. The maximum Gasteiger partial charge on any atom is 0.0485 e. The first-order chi connectivity index (χ1) is 8.33. The lowest BCUT2D eigenvalue weighted by Gasteiger charge is -2.30. The third-order valence-electron chi connectivity index (χ3n) is 3.57. The number of nitrogens with zero attached hydrogens (tertiary/aromatic N) is 1. The fourth-order valence-electron chi connectivity index (χ4n) is 2.62. The van der Waals surface area contributed by atoms with E-state index in [9.17, 15) is 0 Å². The molecule has 2 nitrogen and oxygen atoms in total. The Morgan fingerprint density at radius 3 is 2.35 bits per heavy atom. The zero-order valence-electron chi connectivity index (χ0n) is 10.2. The molecule has 1 atom stereocenters. The number of hydrogen-bond donors (Lipinski definition) is 1. The molecule has 0 bridgehead atoms. The number of hydrogen-bond acceptors (Lipinski definition) is 2. The lowest BCUT2D eigenvalue weighted by Crippen LogP contribution is -2.34. The summed E-state index contributed by atoms with van der Waals surface area (Å²) in [5.41, 5.74) is 7.13. The van der Waals surface area contributed by atoms with E-state index in [2.05, 4.69) is 11.0 Å². The second-order valence-electron chi connectivity index (χ2n) is 4.72. The van der Waals surface area contributed by atoms with Gasteiger partial charge in [-0.25, -0.2) is 0 Å². The third-order valence-corrected chi connectivity index (χ3v) is 3.91. The molecular weight excluding hydrogens is 232 g/mol. The Labute approximate surface area is 109 Å². The Bertz CT molecular complexity index is 346. The van der Waals surface area contributed by atoms with Crippen molar-refractivity contribution in [2.75, 3.05) is 19.6 Å². The van der Waals surface area contributed by atoms with E-state index in [1.165, 1.54) is 31.2 Å². The normalized spacial score (nSPS) is 19.9. The highest BCUT2D eigenvalue weighted by molar-refractivity contribution is 6.31. The Hall–Kier alpha value is -0.570. The first kappa shape index (κ1) is 12.9. The average molecular weight is 253 g/mol. The van der Waals surface area contributed by atoms with Crippen molar-refractivity contribution >= 4 is 11.6 Å². The van der Waals surface area contributed by atoms with Gasteiger partial charge in [0.25, 0.3) is 0 Å². The van der Waals surface area contributed by atoms with Crippen LogP contribution >= 0.6 is 11.6 Å². The van der Waals surface area contributed by atoms with Crippen LogP contribution in [-0.4, -0.2) is 24.5 Å². The third kappa shape index (κ3) is 3.21. The van der Waals surface area contributed by atoms with E-state index in [1.54, 1.807) is 0 Å². The van der Waals surface area contributed by atoms with Crippen LogP contribution in [-0.2, 0) is 0 Å². The van der Waals surface area contributed by atoms with Crippen molar-refractivity contribution in [2.45, 2.75) is 31.7 Å². The van der Waals surface area contributed by atoms with Gasteiger partial charge >= 0.3 is 0 Å². The minimum atomic E-state index is 0.279. The van der Waals surface area contributed by atoms with Gasteiger partial charge in [-0.3, -0.25) is 4.90 Å². The van der Waals surface area contributed by atoms with E-state index in [-0.39, 0.29) is 6.04 Å². The molecule has 0 unspecified atom stereocenters. The van der Waals surface area contributed by atoms with E-state index in [0.29, 0.717) is 6.54 Å². The predicted octanol–water partition coefficient (Wildman–Crippen LogP) is 3.22. The second-order valence-corrected chi connectivity index (χ2v) is 5.13. The summed E-state index contributed by atoms with van der Waals surface area (Å²) in [6.07, 6.45) is 5.24. The molecule has 1 aliphatic rings. The molecule has 1 aromatic rings. The van der Waals surface area contributed by atoms with Crippen LogP contribution in [0.5, 0.6) is 0 Å². The van der Waals surface area contributed by atoms with Crippen LogP contribution in [0.1, 0.15) is 37.3 Å². The van der Waals surface area contributed by atoms with Crippen molar-refractivity contribution in [1.82, 2.24) is 4.90 Å². The van der Waals surface area contributed by atoms with Gasteiger partial charge in [0.1, 0.15) is 0 Å². The first-order valence-electron chi connectivity index (χ1n) is 6.51. The molecule has 2 rings (SSSR count). The fraction of sp³-hybridized carbons (Fsp3) is 0.571. The van der Waals surface area contributed by atoms with Crippen molar-refractivity contribution in [1.29, 1.82) is 0 Å². The minimum Gasteiger partial charge on any atom is -0.329 e. The number of rotatable bonds is 3. The highest BCUT2D eigenvalue weighted by atomic mass is 35.5. The number of halogens is 1. The molecule has 3 heteroatoms. The molecule has 1 fully saturated rings. The molecule has 0 spiro atoms. The molecule has 1 aliphatic heterocycles. The van der Waals surface area contributed by atoms with Crippen molar-refractivity contribution in [2.24, 2.45) is 5.73 Å².